The van der Waals surface area contributed by atoms with E-state index in [1.54, 1.807) is 24.3 Å². The molecule has 9 nitrogen and oxygen atoms in total. The summed E-state index contributed by atoms with van der Waals surface area (Å²) >= 11 is 0.906. The predicted octanol–water partition coefficient (Wildman–Crippen LogP) is 4.63. The van der Waals surface area contributed by atoms with E-state index in [2.05, 4.69) is 4.98 Å². The lowest BCUT2D eigenvalue weighted by atomic mass is 10.1. The number of benzene rings is 1. The van der Waals surface area contributed by atoms with Gasteiger partial charge in [0.15, 0.2) is 11.5 Å². The Labute approximate surface area is 176 Å². The summed E-state index contributed by atoms with van der Waals surface area (Å²) in [5.41, 5.74) is 0.515. The molecule has 0 radical (unpaired) electrons. The maximum Gasteiger partial charge on any atom is 0.293 e. The fourth-order valence-corrected chi connectivity index (χ4v) is 3.64. The van der Waals surface area contributed by atoms with Crippen LogP contribution in [-0.2, 0) is 4.79 Å². The highest BCUT2D eigenvalue weighted by Crippen LogP contribution is 2.36. The maximum atomic E-state index is 12.6. The van der Waals surface area contributed by atoms with E-state index in [4.69, 9.17) is 9.47 Å². The molecular formula is C20H19N3O6S. The smallest absolute Gasteiger partial charge is 0.293 e. The summed E-state index contributed by atoms with van der Waals surface area (Å²) in [6, 6.07) is 7.51. The molecule has 1 aliphatic rings. The predicted molar refractivity (Wildman–Crippen MR) is 112 cm³/mol. The molecule has 0 bridgehead atoms. The normalized spacial score (nSPS) is 16.1. The van der Waals surface area contributed by atoms with Crippen molar-refractivity contribution in [2.45, 2.75) is 26.3 Å². The summed E-state index contributed by atoms with van der Waals surface area (Å²) in [4.78, 5) is 40.4. The lowest BCUT2D eigenvalue weighted by molar-refractivity contribution is -0.385. The molecule has 1 aromatic heterocycles. The van der Waals surface area contributed by atoms with E-state index < -0.39 is 4.92 Å². The maximum absolute atomic E-state index is 12.6. The summed E-state index contributed by atoms with van der Waals surface area (Å²) in [7, 11) is 1.46. The summed E-state index contributed by atoms with van der Waals surface area (Å²) in [5, 5.41) is 10.4. The molecule has 0 N–H and O–H groups in total. The Morgan fingerprint density at radius 3 is 2.63 bits per heavy atom. The molecule has 1 saturated heterocycles. The van der Waals surface area contributed by atoms with Crippen molar-refractivity contribution in [2.24, 2.45) is 0 Å². The summed E-state index contributed by atoms with van der Waals surface area (Å²) in [6.45, 7) is 3.75. The second-order valence-electron chi connectivity index (χ2n) is 6.43. The second-order valence-corrected chi connectivity index (χ2v) is 7.43. The van der Waals surface area contributed by atoms with Gasteiger partial charge in [-0.1, -0.05) is 13.0 Å². The Morgan fingerprint density at radius 2 is 2.03 bits per heavy atom. The Bertz CT molecular complexity index is 1020. The largest absolute Gasteiger partial charge is 0.493 e. The van der Waals surface area contributed by atoms with Crippen LogP contribution < -0.4 is 9.47 Å². The van der Waals surface area contributed by atoms with Gasteiger partial charge >= 0.3 is 0 Å². The first kappa shape index (κ1) is 21.3. The second kappa shape index (κ2) is 8.95. The third kappa shape index (κ3) is 4.43. The van der Waals surface area contributed by atoms with Crippen LogP contribution in [0.1, 0.15) is 25.8 Å². The number of imide groups is 1. The van der Waals surface area contributed by atoms with Crippen molar-refractivity contribution >= 4 is 34.7 Å². The van der Waals surface area contributed by atoms with Gasteiger partial charge in [-0.2, -0.15) is 0 Å². The van der Waals surface area contributed by atoms with Gasteiger partial charge in [0, 0.05) is 18.2 Å². The molecule has 0 spiro atoms. The minimum atomic E-state index is -0.547. The van der Waals surface area contributed by atoms with Crippen molar-refractivity contribution < 1.29 is 24.0 Å². The molecule has 1 aromatic carbocycles. The van der Waals surface area contributed by atoms with Gasteiger partial charge in [0.25, 0.3) is 16.8 Å². The lowest BCUT2D eigenvalue weighted by Gasteiger charge is -2.19. The van der Waals surface area contributed by atoms with Gasteiger partial charge < -0.3 is 9.47 Å². The van der Waals surface area contributed by atoms with Crippen molar-refractivity contribution in [1.82, 2.24) is 9.88 Å². The van der Waals surface area contributed by atoms with Crippen molar-refractivity contribution in [1.29, 1.82) is 0 Å². The van der Waals surface area contributed by atoms with Crippen LogP contribution in [-0.4, -0.2) is 39.1 Å². The monoisotopic (exact) mass is 429 g/mol. The van der Waals surface area contributed by atoms with Crippen LogP contribution in [0.2, 0.25) is 0 Å². The molecule has 30 heavy (non-hydrogen) atoms. The Hall–Kier alpha value is -3.40. The number of nitrogens with zero attached hydrogens (tertiary/aromatic N) is 3. The van der Waals surface area contributed by atoms with Crippen molar-refractivity contribution in [3.63, 3.8) is 0 Å². The lowest BCUT2D eigenvalue weighted by Crippen LogP contribution is -2.36. The average molecular weight is 429 g/mol. The zero-order valence-corrected chi connectivity index (χ0v) is 17.3. The standard InChI is InChI=1S/C20H19N3O6S/c1-4-12(2)22-19(24)17(30-20(22)25)10-13-5-7-15(16(9-13)28-3)29-18-8-6-14(11-21-18)23(26)27/h5-12H,4H2,1-3H3/b17-10+. The number of hydrogen-bond donors (Lipinski definition) is 0. The van der Waals surface area contributed by atoms with Gasteiger partial charge in [0.05, 0.1) is 16.9 Å². The highest BCUT2D eigenvalue weighted by Gasteiger charge is 2.37. The highest BCUT2D eigenvalue weighted by molar-refractivity contribution is 8.18. The zero-order chi connectivity index (χ0) is 21.8. The molecule has 1 atom stereocenters. The topological polar surface area (TPSA) is 112 Å². The Kier molecular flexibility index (Phi) is 6.36. The Balaban J connectivity index is 1.82. The first-order chi connectivity index (χ1) is 14.3. The number of rotatable bonds is 7. The minimum Gasteiger partial charge on any atom is -0.493 e. The Morgan fingerprint density at radius 1 is 1.27 bits per heavy atom. The number of methoxy groups -OCH3 is 1. The summed E-state index contributed by atoms with van der Waals surface area (Å²) < 4.78 is 11.0. The van der Waals surface area contributed by atoms with Gasteiger partial charge in [0.2, 0.25) is 5.88 Å². The number of hydrogen-bond acceptors (Lipinski definition) is 8. The van der Waals surface area contributed by atoms with E-state index in [9.17, 15) is 19.7 Å². The van der Waals surface area contributed by atoms with Gasteiger partial charge in [-0.15, -0.1) is 0 Å². The fourth-order valence-electron chi connectivity index (χ4n) is 2.71. The molecule has 1 fully saturated rings. The van der Waals surface area contributed by atoms with Crippen LogP contribution in [0, 0.1) is 10.1 Å². The SMILES string of the molecule is CCC(C)N1C(=O)S/C(=C/c2ccc(Oc3ccc([N+](=O)[O-])cn3)c(OC)c2)C1=O. The number of pyridine rings is 1. The van der Waals surface area contributed by atoms with Crippen LogP contribution in [0.4, 0.5) is 10.5 Å². The fraction of sp³-hybridized carbons (Fsp3) is 0.250. The number of carbonyl (C=O) groups excluding carboxylic acids is 2. The van der Waals surface area contributed by atoms with Crippen LogP contribution in [0.15, 0.2) is 41.4 Å². The van der Waals surface area contributed by atoms with E-state index in [0.29, 0.717) is 28.4 Å². The highest BCUT2D eigenvalue weighted by atomic mass is 32.2. The van der Waals surface area contributed by atoms with E-state index in [-0.39, 0.29) is 28.8 Å². The molecule has 2 heterocycles. The molecule has 1 aliphatic heterocycles. The molecule has 1 unspecified atom stereocenters. The number of carbonyl (C=O) groups is 2. The number of aromatic nitrogens is 1. The van der Waals surface area contributed by atoms with Gasteiger partial charge in [-0.05, 0) is 48.9 Å². The molecule has 156 valence electrons. The number of thioether (sulfide) groups is 1. The number of amides is 2. The number of nitro groups is 1. The number of ether oxygens (including phenoxy) is 2. The quantitative estimate of drug-likeness (QED) is 0.356. The molecule has 3 rings (SSSR count). The molecule has 10 heteroatoms. The molecule has 0 aliphatic carbocycles. The van der Waals surface area contributed by atoms with E-state index >= 15 is 0 Å². The first-order valence-electron chi connectivity index (χ1n) is 9.07. The molecule has 0 saturated carbocycles. The van der Waals surface area contributed by atoms with Crippen molar-refractivity contribution in [3.8, 4) is 17.4 Å². The molecule has 2 amide bonds. The zero-order valence-electron chi connectivity index (χ0n) is 16.5. The summed E-state index contributed by atoms with van der Waals surface area (Å²) in [6.07, 6.45) is 3.41. The van der Waals surface area contributed by atoms with E-state index in [0.717, 1.165) is 18.0 Å². The molecule has 2 aromatic rings. The average Bonchev–Trinajstić information content (AvgIpc) is 3.01. The van der Waals surface area contributed by atoms with E-state index in [1.165, 1.54) is 24.1 Å². The van der Waals surface area contributed by atoms with Gasteiger partial charge in [-0.3, -0.25) is 24.6 Å². The third-order valence-corrected chi connectivity index (χ3v) is 5.37. The van der Waals surface area contributed by atoms with Crippen LogP contribution >= 0.6 is 11.8 Å². The van der Waals surface area contributed by atoms with E-state index in [1.807, 2.05) is 13.8 Å². The minimum absolute atomic E-state index is 0.143. The molecular weight excluding hydrogens is 410 g/mol. The van der Waals surface area contributed by atoms with Gasteiger partial charge in [0.1, 0.15) is 6.20 Å². The van der Waals surface area contributed by atoms with Crippen LogP contribution in [0.5, 0.6) is 17.4 Å². The van der Waals surface area contributed by atoms with Gasteiger partial charge in [-0.25, -0.2) is 4.98 Å². The van der Waals surface area contributed by atoms with Crippen molar-refractivity contribution in [2.75, 3.05) is 7.11 Å². The van der Waals surface area contributed by atoms with Crippen molar-refractivity contribution in [3.05, 3.63) is 57.1 Å². The van der Waals surface area contributed by atoms with Crippen LogP contribution in [0.25, 0.3) is 6.08 Å². The summed E-state index contributed by atoms with van der Waals surface area (Å²) in [5.74, 6) is 0.587. The van der Waals surface area contributed by atoms with Crippen LogP contribution in [0.3, 0.4) is 0 Å². The first-order valence-corrected chi connectivity index (χ1v) is 9.89. The third-order valence-electron chi connectivity index (χ3n) is 4.49.